The molecule has 0 aromatic heterocycles. The van der Waals surface area contributed by atoms with E-state index in [1.165, 1.54) is 22.4 Å². The molecule has 0 aliphatic carbocycles. The Bertz CT molecular complexity index is 558. The van der Waals surface area contributed by atoms with E-state index in [-0.39, 0.29) is 0 Å². The molecular weight excluding hydrogens is 310 g/mol. The highest BCUT2D eigenvalue weighted by atomic mass is 79.9. The molecule has 0 unspecified atom stereocenters. The molecule has 2 aromatic rings. The molecule has 106 valence electrons. The predicted octanol–water partition coefficient (Wildman–Crippen LogP) is 5.57. The molecule has 0 saturated carbocycles. The van der Waals surface area contributed by atoms with E-state index in [2.05, 4.69) is 84.5 Å². The molecule has 2 aromatic carbocycles. The number of hydrogen-bond acceptors (Lipinski definition) is 1. The summed E-state index contributed by atoms with van der Waals surface area (Å²) in [5, 5.41) is 3.50. The Balaban J connectivity index is 1.96. The minimum absolute atomic E-state index is 0.712. The summed E-state index contributed by atoms with van der Waals surface area (Å²) in [5.74, 6) is 0.712. The lowest BCUT2D eigenvalue weighted by Gasteiger charge is -2.11. The van der Waals surface area contributed by atoms with Gasteiger partial charge >= 0.3 is 0 Å². The lowest BCUT2D eigenvalue weighted by atomic mass is 10.0. The van der Waals surface area contributed by atoms with Crippen LogP contribution >= 0.6 is 15.9 Å². The summed E-state index contributed by atoms with van der Waals surface area (Å²) < 4.78 is 1.12. The Hall–Kier alpha value is -1.28. The van der Waals surface area contributed by atoms with Gasteiger partial charge in [0.05, 0.1) is 0 Å². The highest BCUT2D eigenvalue weighted by Crippen LogP contribution is 2.20. The molecule has 1 N–H and O–H groups in total. The zero-order valence-corrected chi connectivity index (χ0v) is 14.0. The van der Waals surface area contributed by atoms with Crippen molar-refractivity contribution in [2.45, 2.75) is 33.7 Å². The molecule has 0 saturated heterocycles. The molecular formula is C18H22BrN. The molecule has 0 spiro atoms. The van der Waals surface area contributed by atoms with Crippen molar-refractivity contribution in [2.75, 3.05) is 5.32 Å². The van der Waals surface area contributed by atoms with Crippen molar-refractivity contribution in [2.24, 2.45) is 5.92 Å². The van der Waals surface area contributed by atoms with Gasteiger partial charge in [0.2, 0.25) is 0 Å². The van der Waals surface area contributed by atoms with Gasteiger partial charge in [0.25, 0.3) is 0 Å². The zero-order valence-electron chi connectivity index (χ0n) is 12.4. The molecule has 0 fully saturated rings. The first kappa shape index (κ1) is 15.1. The number of nitrogens with one attached hydrogen (secondary N) is 1. The number of anilines is 1. The zero-order chi connectivity index (χ0) is 14.5. The normalized spacial score (nSPS) is 10.8. The van der Waals surface area contributed by atoms with Crippen LogP contribution in [0.3, 0.4) is 0 Å². The van der Waals surface area contributed by atoms with Crippen LogP contribution in [0.25, 0.3) is 0 Å². The fraction of sp³-hybridized carbons (Fsp3) is 0.333. The van der Waals surface area contributed by atoms with Crippen LogP contribution < -0.4 is 5.32 Å². The quantitative estimate of drug-likeness (QED) is 0.755. The van der Waals surface area contributed by atoms with Gasteiger partial charge < -0.3 is 5.32 Å². The van der Waals surface area contributed by atoms with E-state index in [4.69, 9.17) is 0 Å². The second-order valence-electron chi connectivity index (χ2n) is 5.73. The maximum Gasteiger partial charge on any atom is 0.0400 e. The Morgan fingerprint density at radius 1 is 1.00 bits per heavy atom. The molecule has 1 nitrogen and oxygen atoms in total. The summed E-state index contributed by atoms with van der Waals surface area (Å²) in [7, 11) is 0. The third-order valence-corrected chi connectivity index (χ3v) is 3.83. The molecule has 0 aliphatic rings. The Morgan fingerprint density at radius 3 is 2.25 bits per heavy atom. The van der Waals surface area contributed by atoms with E-state index < -0.39 is 0 Å². The molecule has 2 heteroatoms. The van der Waals surface area contributed by atoms with Crippen LogP contribution in [0.2, 0.25) is 0 Å². The van der Waals surface area contributed by atoms with Gasteiger partial charge in [-0.25, -0.2) is 0 Å². The highest BCUT2D eigenvalue weighted by Gasteiger charge is 2.01. The van der Waals surface area contributed by atoms with Crippen molar-refractivity contribution in [3.05, 3.63) is 63.6 Å². The lowest BCUT2D eigenvalue weighted by Crippen LogP contribution is -2.01. The van der Waals surface area contributed by atoms with Crippen LogP contribution in [0.5, 0.6) is 0 Å². The molecule has 0 heterocycles. The molecule has 20 heavy (non-hydrogen) atoms. The van der Waals surface area contributed by atoms with E-state index in [0.717, 1.165) is 17.4 Å². The van der Waals surface area contributed by atoms with Crippen molar-refractivity contribution in [3.63, 3.8) is 0 Å². The first-order valence-corrected chi connectivity index (χ1v) is 7.91. The van der Waals surface area contributed by atoms with Crippen LogP contribution in [0.1, 0.15) is 30.5 Å². The largest absolute Gasteiger partial charge is 0.381 e. The standard InChI is InChI=1S/C18H22BrN/c1-13(2)10-15-4-6-16(7-5-15)12-20-18-9-8-17(19)11-14(18)3/h4-9,11,13,20H,10,12H2,1-3H3. The minimum Gasteiger partial charge on any atom is -0.381 e. The highest BCUT2D eigenvalue weighted by molar-refractivity contribution is 9.10. The van der Waals surface area contributed by atoms with Gasteiger partial charge in [-0.3, -0.25) is 0 Å². The molecule has 0 atom stereocenters. The average Bonchev–Trinajstić information content (AvgIpc) is 2.39. The molecule has 0 amide bonds. The van der Waals surface area contributed by atoms with Crippen molar-refractivity contribution in [3.8, 4) is 0 Å². The second kappa shape index (κ2) is 6.94. The summed E-state index contributed by atoms with van der Waals surface area (Å²) in [4.78, 5) is 0. The van der Waals surface area contributed by atoms with Gasteiger partial charge in [-0.2, -0.15) is 0 Å². The molecule has 0 aliphatic heterocycles. The summed E-state index contributed by atoms with van der Waals surface area (Å²) >= 11 is 3.49. The van der Waals surface area contributed by atoms with E-state index >= 15 is 0 Å². The average molecular weight is 332 g/mol. The number of rotatable bonds is 5. The summed E-state index contributed by atoms with van der Waals surface area (Å²) in [5.41, 5.74) is 5.19. The molecule has 2 rings (SSSR count). The third-order valence-electron chi connectivity index (χ3n) is 3.34. The van der Waals surface area contributed by atoms with E-state index in [9.17, 15) is 0 Å². The van der Waals surface area contributed by atoms with Crippen LogP contribution in [-0.2, 0) is 13.0 Å². The fourth-order valence-electron chi connectivity index (χ4n) is 2.29. The van der Waals surface area contributed by atoms with Crippen LogP contribution in [0.15, 0.2) is 46.9 Å². The monoisotopic (exact) mass is 331 g/mol. The van der Waals surface area contributed by atoms with Gasteiger partial charge in [0, 0.05) is 16.7 Å². The SMILES string of the molecule is Cc1cc(Br)ccc1NCc1ccc(CC(C)C)cc1. The maximum atomic E-state index is 3.50. The molecule has 0 radical (unpaired) electrons. The van der Waals surface area contributed by atoms with Gasteiger partial charge in [0.1, 0.15) is 0 Å². The van der Waals surface area contributed by atoms with Crippen LogP contribution in [0, 0.1) is 12.8 Å². The summed E-state index contributed by atoms with van der Waals surface area (Å²) in [6.07, 6.45) is 1.15. The smallest absolute Gasteiger partial charge is 0.0400 e. The van der Waals surface area contributed by atoms with Crippen LogP contribution in [0.4, 0.5) is 5.69 Å². The maximum absolute atomic E-state index is 3.50. The number of hydrogen-bond donors (Lipinski definition) is 1. The Labute approximate surface area is 130 Å². The topological polar surface area (TPSA) is 12.0 Å². The van der Waals surface area contributed by atoms with E-state index in [1.54, 1.807) is 0 Å². The Morgan fingerprint density at radius 2 is 1.65 bits per heavy atom. The first-order valence-electron chi connectivity index (χ1n) is 7.12. The van der Waals surface area contributed by atoms with Crippen LogP contribution in [-0.4, -0.2) is 0 Å². The summed E-state index contributed by atoms with van der Waals surface area (Å²) in [6, 6.07) is 15.2. The van der Waals surface area contributed by atoms with Crippen molar-refractivity contribution >= 4 is 21.6 Å². The first-order chi connectivity index (χ1) is 9.54. The number of benzene rings is 2. The van der Waals surface area contributed by atoms with Gasteiger partial charge in [-0.1, -0.05) is 54.0 Å². The van der Waals surface area contributed by atoms with Crippen molar-refractivity contribution < 1.29 is 0 Å². The van der Waals surface area contributed by atoms with Gasteiger partial charge in [-0.15, -0.1) is 0 Å². The van der Waals surface area contributed by atoms with Gasteiger partial charge in [0.15, 0.2) is 0 Å². The predicted molar refractivity (Wildman–Crippen MR) is 91.2 cm³/mol. The van der Waals surface area contributed by atoms with Gasteiger partial charge in [-0.05, 0) is 54.2 Å². The number of halogens is 1. The number of aryl methyl sites for hydroxylation is 1. The fourth-order valence-corrected chi connectivity index (χ4v) is 2.76. The molecule has 0 bridgehead atoms. The summed E-state index contributed by atoms with van der Waals surface area (Å²) in [6.45, 7) is 7.50. The second-order valence-corrected chi connectivity index (χ2v) is 6.64. The van der Waals surface area contributed by atoms with E-state index in [1.807, 2.05) is 0 Å². The van der Waals surface area contributed by atoms with Crippen molar-refractivity contribution in [1.82, 2.24) is 0 Å². The lowest BCUT2D eigenvalue weighted by molar-refractivity contribution is 0.647. The minimum atomic E-state index is 0.712. The van der Waals surface area contributed by atoms with Crippen molar-refractivity contribution in [1.29, 1.82) is 0 Å². The van der Waals surface area contributed by atoms with E-state index in [0.29, 0.717) is 5.92 Å². The Kier molecular flexibility index (Phi) is 5.24. The third kappa shape index (κ3) is 4.38.